The first-order chi connectivity index (χ1) is 16.2. The van der Waals surface area contributed by atoms with Crippen LogP contribution in [0.5, 0.6) is 0 Å². The maximum atomic E-state index is 13.8. The molecule has 2 aliphatic heterocycles. The number of fused-ring (bicyclic) bond motifs is 1. The van der Waals surface area contributed by atoms with Crippen molar-refractivity contribution in [2.75, 3.05) is 13.2 Å². The number of thiazole rings is 1. The van der Waals surface area contributed by atoms with Gasteiger partial charge in [-0.25, -0.2) is 9.67 Å². The average Bonchev–Trinajstić information content (AvgIpc) is 3.18. The van der Waals surface area contributed by atoms with Crippen LogP contribution in [0.1, 0.15) is 73.3 Å². The third kappa shape index (κ3) is 4.73. The number of aliphatic hydroxyl groups excluding tert-OH is 1. The van der Waals surface area contributed by atoms with Crippen molar-refractivity contribution in [1.29, 1.82) is 0 Å². The van der Waals surface area contributed by atoms with Crippen molar-refractivity contribution in [2.24, 2.45) is 5.41 Å². The van der Waals surface area contributed by atoms with Gasteiger partial charge in [-0.3, -0.25) is 9.59 Å². The number of rotatable bonds is 6. The SMILES string of the molecule is CC(C)(C)[C@@H](C(=O)N1CC(O)CC1C(=O)NCc1nc2c(s1)COCC2)n1cc(C2CC2)nn1. The van der Waals surface area contributed by atoms with Gasteiger partial charge in [-0.1, -0.05) is 26.0 Å². The number of aromatic nitrogens is 4. The summed E-state index contributed by atoms with van der Waals surface area (Å²) in [5.74, 6) is -0.0720. The summed E-state index contributed by atoms with van der Waals surface area (Å²) in [4.78, 5) is 34.1. The van der Waals surface area contributed by atoms with Gasteiger partial charge in [0.15, 0.2) is 0 Å². The van der Waals surface area contributed by atoms with Gasteiger partial charge in [0.05, 0.1) is 42.1 Å². The third-order valence-electron chi connectivity index (χ3n) is 6.66. The predicted molar refractivity (Wildman–Crippen MR) is 124 cm³/mol. The number of amides is 2. The van der Waals surface area contributed by atoms with Crippen LogP contribution in [0, 0.1) is 5.41 Å². The normalized spacial score (nSPS) is 23.6. The number of nitrogens with zero attached hydrogens (tertiary/aromatic N) is 5. The Bertz CT molecular complexity index is 1050. The van der Waals surface area contributed by atoms with E-state index < -0.39 is 23.6 Å². The Kier molecular flexibility index (Phi) is 6.19. The summed E-state index contributed by atoms with van der Waals surface area (Å²) in [6, 6.07) is -1.37. The quantitative estimate of drug-likeness (QED) is 0.632. The minimum absolute atomic E-state index is 0.122. The molecule has 2 unspecified atom stereocenters. The monoisotopic (exact) mass is 488 g/mol. The number of nitrogens with one attached hydrogen (secondary N) is 1. The minimum Gasteiger partial charge on any atom is -0.391 e. The first kappa shape index (κ1) is 23.4. The van der Waals surface area contributed by atoms with E-state index in [0.29, 0.717) is 25.7 Å². The Morgan fingerprint density at radius 2 is 2.15 bits per heavy atom. The standard InChI is InChI=1S/C23H32N6O4S/c1-23(2,3)20(29-11-16(26-27-29)13-4-5-13)22(32)28-10-14(30)8-17(28)21(31)24-9-19-25-15-6-7-33-12-18(15)34-19/h11,13-14,17,20,30H,4-10,12H2,1-3H3,(H,24,31)/t14?,17?,20-/m1/s1. The van der Waals surface area contributed by atoms with Crippen molar-refractivity contribution in [3.8, 4) is 0 Å². The van der Waals surface area contributed by atoms with E-state index in [-0.39, 0.29) is 24.8 Å². The Labute approximate surface area is 202 Å². The van der Waals surface area contributed by atoms with Crippen molar-refractivity contribution < 1.29 is 19.4 Å². The fourth-order valence-corrected chi connectivity index (χ4v) is 5.75. The van der Waals surface area contributed by atoms with Crippen LogP contribution in [-0.4, -0.2) is 67.1 Å². The fourth-order valence-electron chi connectivity index (χ4n) is 4.76. The molecule has 2 N–H and O–H groups in total. The second kappa shape index (κ2) is 9.01. The van der Waals surface area contributed by atoms with E-state index in [2.05, 4.69) is 20.6 Å². The smallest absolute Gasteiger partial charge is 0.248 e. The number of aliphatic hydroxyl groups is 1. The van der Waals surface area contributed by atoms with Crippen LogP contribution in [0.25, 0.3) is 0 Å². The van der Waals surface area contributed by atoms with Crippen molar-refractivity contribution in [2.45, 2.75) is 83.7 Å². The Hall–Kier alpha value is -2.37. The summed E-state index contributed by atoms with van der Waals surface area (Å²) >= 11 is 1.54. The summed E-state index contributed by atoms with van der Waals surface area (Å²) in [6.45, 7) is 7.58. The number of carbonyl (C=O) groups excluding carboxylic acids is 2. The van der Waals surface area contributed by atoms with E-state index in [9.17, 15) is 14.7 Å². The van der Waals surface area contributed by atoms with Gasteiger partial charge in [0.2, 0.25) is 11.8 Å². The van der Waals surface area contributed by atoms with Gasteiger partial charge in [-0.2, -0.15) is 0 Å². The van der Waals surface area contributed by atoms with Crippen LogP contribution in [0.2, 0.25) is 0 Å². The van der Waals surface area contributed by atoms with Crippen LogP contribution in [0.15, 0.2) is 6.20 Å². The van der Waals surface area contributed by atoms with Gasteiger partial charge in [0.1, 0.15) is 17.1 Å². The van der Waals surface area contributed by atoms with Crippen molar-refractivity contribution in [1.82, 2.24) is 30.2 Å². The number of ether oxygens (including phenoxy) is 1. The molecule has 2 aromatic rings. The molecule has 0 radical (unpaired) electrons. The molecule has 1 saturated carbocycles. The molecule has 0 spiro atoms. The van der Waals surface area contributed by atoms with Crippen LogP contribution in [0.4, 0.5) is 0 Å². The number of hydrogen-bond donors (Lipinski definition) is 2. The van der Waals surface area contributed by atoms with Crippen molar-refractivity contribution >= 4 is 23.2 Å². The topological polar surface area (TPSA) is 122 Å². The van der Waals surface area contributed by atoms with Crippen molar-refractivity contribution in [3.05, 3.63) is 27.5 Å². The molecule has 184 valence electrons. The molecular formula is C23H32N6O4S. The summed E-state index contributed by atoms with van der Waals surface area (Å²) < 4.78 is 7.11. The summed E-state index contributed by atoms with van der Waals surface area (Å²) in [7, 11) is 0. The first-order valence-electron chi connectivity index (χ1n) is 11.9. The van der Waals surface area contributed by atoms with Gasteiger partial charge in [-0.05, 0) is 18.3 Å². The molecule has 0 bridgehead atoms. The van der Waals surface area contributed by atoms with Gasteiger partial charge < -0.3 is 20.1 Å². The lowest BCUT2D eigenvalue weighted by molar-refractivity contribution is -0.144. The predicted octanol–water partition coefficient (Wildman–Crippen LogP) is 1.55. The lowest BCUT2D eigenvalue weighted by Gasteiger charge is -2.34. The summed E-state index contributed by atoms with van der Waals surface area (Å²) in [5.41, 5.74) is 1.50. The largest absolute Gasteiger partial charge is 0.391 e. The molecule has 34 heavy (non-hydrogen) atoms. The first-order valence-corrected chi connectivity index (χ1v) is 12.8. The molecule has 1 aliphatic carbocycles. The molecule has 5 rings (SSSR count). The highest BCUT2D eigenvalue weighted by Crippen LogP contribution is 2.40. The van der Waals surface area contributed by atoms with Gasteiger partial charge >= 0.3 is 0 Å². The minimum atomic E-state index is -0.748. The highest BCUT2D eigenvalue weighted by Gasteiger charge is 2.45. The van der Waals surface area contributed by atoms with Gasteiger partial charge in [-0.15, -0.1) is 16.4 Å². The Morgan fingerprint density at radius 3 is 2.85 bits per heavy atom. The zero-order chi connectivity index (χ0) is 24.0. The maximum absolute atomic E-state index is 13.8. The molecule has 3 aliphatic rings. The van der Waals surface area contributed by atoms with Crippen LogP contribution < -0.4 is 5.32 Å². The number of β-amino-alcohol motifs (C(OH)–C–C–N with tert-alkyl or cyclic N) is 1. The van der Waals surface area contributed by atoms with Crippen LogP contribution in [-0.2, 0) is 33.9 Å². The van der Waals surface area contributed by atoms with Crippen molar-refractivity contribution in [3.63, 3.8) is 0 Å². The van der Waals surface area contributed by atoms with Crippen LogP contribution >= 0.6 is 11.3 Å². The van der Waals surface area contributed by atoms with E-state index in [4.69, 9.17) is 4.74 Å². The Balaban J connectivity index is 1.30. The molecule has 3 atom stereocenters. The molecule has 2 fully saturated rings. The maximum Gasteiger partial charge on any atom is 0.248 e. The summed E-state index contributed by atoms with van der Waals surface area (Å²) in [6.07, 6.45) is 4.31. The fraction of sp³-hybridized carbons (Fsp3) is 0.696. The van der Waals surface area contributed by atoms with E-state index in [1.165, 1.54) is 4.90 Å². The second-order valence-corrected chi connectivity index (χ2v) is 11.7. The molecule has 2 aromatic heterocycles. The lowest BCUT2D eigenvalue weighted by atomic mass is 9.85. The zero-order valence-electron chi connectivity index (χ0n) is 19.9. The van der Waals surface area contributed by atoms with Crippen LogP contribution in [0.3, 0.4) is 0 Å². The molecular weight excluding hydrogens is 456 g/mol. The Morgan fingerprint density at radius 1 is 1.35 bits per heavy atom. The lowest BCUT2D eigenvalue weighted by Crippen LogP contribution is -2.50. The molecule has 0 aromatic carbocycles. The highest BCUT2D eigenvalue weighted by atomic mass is 32.1. The van der Waals surface area contributed by atoms with E-state index >= 15 is 0 Å². The number of hydrogen-bond acceptors (Lipinski definition) is 8. The van der Waals surface area contributed by atoms with E-state index in [0.717, 1.165) is 40.5 Å². The molecule has 2 amide bonds. The number of likely N-dealkylation sites (tertiary alicyclic amines) is 1. The van der Waals surface area contributed by atoms with Gasteiger partial charge in [0.25, 0.3) is 0 Å². The zero-order valence-corrected chi connectivity index (χ0v) is 20.7. The second-order valence-electron chi connectivity index (χ2n) is 10.6. The highest BCUT2D eigenvalue weighted by molar-refractivity contribution is 7.11. The van der Waals surface area contributed by atoms with Gasteiger partial charge in [0, 0.05) is 31.5 Å². The molecule has 4 heterocycles. The molecule has 10 nitrogen and oxygen atoms in total. The van der Waals surface area contributed by atoms with E-state index in [1.807, 2.05) is 27.0 Å². The van der Waals surface area contributed by atoms with E-state index in [1.54, 1.807) is 16.0 Å². The average molecular weight is 489 g/mol. The molecule has 11 heteroatoms. The third-order valence-corrected chi connectivity index (χ3v) is 7.73. The molecule has 1 saturated heterocycles. The number of carbonyl (C=O) groups is 2. The summed E-state index contributed by atoms with van der Waals surface area (Å²) in [5, 5.41) is 22.7.